The molecule has 2 aromatic carbocycles. The van der Waals surface area contributed by atoms with E-state index in [0.717, 1.165) is 0 Å². The molecule has 3 aromatic rings. The van der Waals surface area contributed by atoms with Gasteiger partial charge in [-0.25, -0.2) is 9.78 Å². The molecule has 10 heteroatoms. The summed E-state index contributed by atoms with van der Waals surface area (Å²) in [4.78, 5) is 16.4. The molecule has 0 aliphatic carbocycles. The molecular weight excluding hydrogens is 447 g/mol. The highest BCUT2D eigenvalue weighted by Crippen LogP contribution is 2.53. The maximum absolute atomic E-state index is 13.8. The molecule has 0 bridgehead atoms. The van der Waals surface area contributed by atoms with Crippen LogP contribution in [0.3, 0.4) is 0 Å². The number of pyridine rings is 1. The SMILES string of the molecule is O=C(Nc1ccc(Cl)cc1)Nc1cccnc1Oc1ccccc1C1(C(F)(F)F)CCO1. The average Bonchev–Trinajstić information content (AvgIpc) is 2.70. The molecule has 6 nitrogen and oxygen atoms in total. The third kappa shape index (κ3) is 4.35. The number of hydrogen-bond donors (Lipinski definition) is 2. The van der Waals surface area contributed by atoms with Gasteiger partial charge in [0, 0.05) is 28.9 Å². The maximum atomic E-state index is 13.8. The van der Waals surface area contributed by atoms with Crippen LogP contribution in [0.15, 0.2) is 66.9 Å². The highest BCUT2D eigenvalue weighted by Gasteiger charge is 2.62. The molecule has 0 spiro atoms. The lowest BCUT2D eigenvalue weighted by Crippen LogP contribution is -2.52. The fourth-order valence-electron chi connectivity index (χ4n) is 3.27. The number of aromatic nitrogens is 1. The van der Waals surface area contributed by atoms with Crippen molar-refractivity contribution in [3.05, 3.63) is 77.4 Å². The van der Waals surface area contributed by atoms with Crippen LogP contribution in [0.5, 0.6) is 11.6 Å². The van der Waals surface area contributed by atoms with Gasteiger partial charge in [-0.1, -0.05) is 29.8 Å². The second kappa shape index (κ2) is 8.68. The van der Waals surface area contributed by atoms with Crippen molar-refractivity contribution in [1.82, 2.24) is 4.98 Å². The van der Waals surface area contributed by atoms with Gasteiger partial charge in [0.2, 0.25) is 5.88 Å². The first-order valence-corrected chi connectivity index (χ1v) is 9.93. The Balaban J connectivity index is 1.57. The number of nitrogens with zero attached hydrogens (tertiary/aromatic N) is 1. The highest BCUT2D eigenvalue weighted by atomic mass is 35.5. The molecule has 1 aliphatic heterocycles. The van der Waals surface area contributed by atoms with Crippen molar-refractivity contribution in [3.63, 3.8) is 0 Å². The third-order valence-electron chi connectivity index (χ3n) is 4.91. The number of alkyl halides is 3. The zero-order valence-electron chi connectivity index (χ0n) is 16.4. The molecule has 2 heterocycles. The quantitative estimate of drug-likeness (QED) is 0.462. The van der Waals surface area contributed by atoms with Gasteiger partial charge in [-0.15, -0.1) is 0 Å². The smallest absolute Gasteiger partial charge is 0.421 e. The van der Waals surface area contributed by atoms with E-state index < -0.39 is 17.8 Å². The van der Waals surface area contributed by atoms with Crippen molar-refractivity contribution in [2.45, 2.75) is 18.2 Å². The minimum Gasteiger partial charge on any atom is -0.437 e. The zero-order valence-corrected chi connectivity index (χ0v) is 17.2. The summed E-state index contributed by atoms with van der Waals surface area (Å²) in [6.07, 6.45) is -3.43. The maximum Gasteiger partial charge on any atom is 0.421 e. The Kier molecular flexibility index (Phi) is 5.94. The minimum absolute atomic E-state index is 0.00486. The predicted molar refractivity (Wildman–Crippen MR) is 113 cm³/mol. The van der Waals surface area contributed by atoms with E-state index in [1.807, 2.05) is 0 Å². The van der Waals surface area contributed by atoms with Crippen molar-refractivity contribution < 1.29 is 27.4 Å². The van der Waals surface area contributed by atoms with Crippen LogP contribution in [0, 0.1) is 0 Å². The summed E-state index contributed by atoms with van der Waals surface area (Å²) in [6.45, 7) is -0.00486. The van der Waals surface area contributed by atoms with Crippen LogP contribution in [0.2, 0.25) is 5.02 Å². The summed E-state index contributed by atoms with van der Waals surface area (Å²) in [6, 6.07) is 14.7. The van der Waals surface area contributed by atoms with Crippen LogP contribution in [0.25, 0.3) is 0 Å². The first kappa shape index (κ1) is 21.9. The number of hydrogen-bond acceptors (Lipinski definition) is 4. The molecule has 2 N–H and O–H groups in total. The fraction of sp³-hybridized carbons (Fsp3) is 0.182. The summed E-state index contributed by atoms with van der Waals surface area (Å²) >= 11 is 5.83. The Labute approximate surface area is 186 Å². The lowest BCUT2D eigenvalue weighted by Gasteiger charge is -2.43. The molecule has 1 atom stereocenters. The Morgan fingerprint density at radius 3 is 2.44 bits per heavy atom. The second-order valence-electron chi connectivity index (χ2n) is 6.96. The van der Waals surface area contributed by atoms with E-state index in [0.29, 0.717) is 10.7 Å². The number of amides is 2. The summed E-state index contributed by atoms with van der Waals surface area (Å²) in [5.41, 5.74) is -1.92. The molecule has 2 amide bonds. The Morgan fingerprint density at radius 1 is 1.06 bits per heavy atom. The largest absolute Gasteiger partial charge is 0.437 e. The van der Waals surface area contributed by atoms with Gasteiger partial charge in [-0.2, -0.15) is 13.2 Å². The molecule has 32 heavy (non-hydrogen) atoms. The number of para-hydroxylation sites is 1. The number of rotatable bonds is 5. The molecule has 0 saturated carbocycles. The van der Waals surface area contributed by atoms with E-state index in [4.69, 9.17) is 21.1 Å². The van der Waals surface area contributed by atoms with Gasteiger partial charge in [-0.05, 0) is 42.5 Å². The van der Waals surface area contributed by atoms with Crippen molar-refractivity contribution in [1.29, 1.82) is 0 Å². The van der Waals surface area contributed by atoms with Crippen LogP contribution >= 0.6 is 11.6 Å². The zero-order chi connectivity index (χ0) is 22.8. The lowest BCUT2D eigenvalue weighted by atomic mass is 9.85. The monoisotopic (exact) mass is 463 g/mol. The van der Waals surface area contributed by atoms with Crippen LogP contribution < -0.4 is 15.4 Å². The minimum atomic E-state index is -4.62. The number of benzene rings is 2. The topological polar surface area (TPSA) is 72.5 Å². The van der Waals surface area contributed by atoms with E-state index in [-0.39, 0.29) is 35.9 Å². The van der Waals surface area contributed by atoms with Gasteiger partial charge < -0.3 is 20.1 Å². The van der Waals surface area contributed by atoms with E-state index in [1.165, 1.54) is 30.5 Å². The molecule has 0 radical (unpaired) electrons. The number of anilines is 2. The number of ether oxygens (including phenoxy) is 2. The van der Waals surface area contributed by atoms with Gasteiger partial charge in [0.15, 0.2) is 5.60 Å². The van der Waals surface area contributed by atoms with E-state index in [2.05, 4.69) is 15.6 Å². The van der Waals surface area contributed by atoms with Crippen LogP contribution in [0.4, 0.5) is 29.3 Å². The number of urea groups is 1. The Hall–Kier alpha value is -3.30. The molecule has 1 fully saturated rings. The lowest BCUT2D eigenvalue weighted by molar-refractivity contribution is -0.333. The van der Waals surface area contributed by atoms with Crippen molar-refractivity contribution >= 4 is 29.0 Å². The van der Waals surface area contributed by atoms with E-state index >= 15 is 0 Å². The molecule has 166 valence electrons. The molecule has 1 aliphatic rings. The average molecular weight is 464 g/mol. The van der Waals surface area contributed by atoms with Gasteiger partial charge in [-0.3, -0.25) is 0 Å². The van der Waals surface area contributed by atoms with Gasteiger partial charge in [0.1, 0.15) is 11.4 Å². The number of carbonyl (C=O) groups is 1. The first-order valence-electron chi connectivity index (χ1n) is 9.55. The van der Waals surface area contributed by atoms with Gasteiger partial charge >= 0.3 is 12.2 Å². The van der Waals surface area contributed by atoms with E-state index in [9.17, 15) is 18.0 Å². The molecule has 1 aromatic heterocycles. The predicted octanol–water partition coefficient (Wildman–Crippen LogP) is 6.35. The van der Waals surface area contributed by atoms with Crippen LogP contribution in [0.1, 0.15) is 12.0 Å². The number of halogens is 4. The second-order valence-corrected chi connectivity index (χ2v) is 7.40. The Morgan fingerprint density at radius 2 is 1.78 bits per heavy atom. The van der Waals surface area contributed by atoms with Crippen molar-refractivity contribution in [2.75, 3.05) is 17.2 Å². The first-order chi connectivity index (χ1) is 15.3. The van der Waals surface area contributed by atoms with Crippen LogP contribution in [-0.4, -0.2) is 23.8 Å². The third-order valence-corrected chi connectivity index (χ3v) is 5.16. The summed E-state index contributed by atoms with van der Waals surface area (Å²) in [5.74, 6) is -0.132. The summed E-state index contributed by atoms with van der Waals surface area (Å²) < 4.78 is 52.1. The molecule has 4 rings (SSSR count). The number of carbonyl (C=O) groups excluding carboxylic acids is 1. The molecule has 1 saturated heterocycles. The Bertz CT molecular complexity index is 1120. The van der Waals surface area contributed by atoms with E-state index in [1.54, 1.807) is 36.4 Å². The van der Waals surface area contributed by atoms with Gasteiger partial charge in [0.05, 0.1) is 6.61 Å². The summed E-state index contributed by atoms with van der Waals surface area (Å²) in [7, 11) is 0. The van der Waals surface area contributed by atoms with Crippen molar-refractivity contribution in [2.24, 2.45) is 0 Å². The standard InChI is InChI=1S/C22H17ClF3N3O3/c23-14-7-9-15(10-8-14)28-20(30)29-17-5-3-12-27-19(17)32-18-6-2-1-4-16(18)21(11-13-31-21)22(24,25)26/h1-10,12H,11,13H2,(H2,28,29,30). The van der Waals surface area contributed by atoms with Gasteiger partial charge in [0.25, 0.3) is 0 Å². The molecular formula is C22H17ClF3N3O3. The molecule has 1 unspecified atom stereocenters. The van der Waals surface area contributed by atoms with Crippen molar-refractivity contribution in [3.8, 4) is 11.6 Å². The fourth-order valence-corrected chi connectivity index (χ4v) is 3.40. The normalized spacial score (nSPS) is 17.9. The highest BCUT2D eigenvalue weighted by molar-refractivity contribution is 6.30. The van der Waals surface area contributed by atoms with Crippen LogP contribution in [-0.2, 0) is 10.3 Å². The number of nitrogens with one attached hydrogen (secondary N) is 2. The summed E-state index contributed by atoms with van der Waals surface area (Å²) in [5, 5.41) is 5.73.